The molecule has 5 aliphatic rings. The summed E-state index contributed by atoms with van der Waals surface area (Å²) in [6, 6.07) is 2.34. The average Bonchev–Trinajstić information content (AvgIpc) is 3.44. The second-order valence-electron chi connectivity index (χ2n) is 17.2. The van der Waals surface area contributed by atoms with Crippen LogP contribution in [-0.4, -0.2) is 120 Å². The molecule has 53 heavy (non-hydrogen) atoms. The van der Waals surface area contributed by atoms with Gasteiger partial charge in [0.1, 0.15) is 5.82 Å². The molecule has 1 aromatic heterocycles. The zero-order valence-electron chi connectivity index (χ0n) is 35.6. The highest BCUT2D eigenvalue weighted by Gasteiger charge is 2.58. The van der Waals surface area contributed by atoms with E-state index >= 15 is 0 Å². The number of likely N-dealkylation sites (N-methyl/N-ethyl adjacent to an activating group) is 2. The molecule has 3 heterocycles. The fraction of sp³-hybridized carbons (Fsp3) is 0.837. The Balaban J connectivity index is 0.000000296. The first-order valence-electron chi connectivity index (χ1n) is 21.1. The number of fused-ring (bicyclic) bond motifs is 1. The van der Waals surface area contributed by atoms with Gasteiger partial charge in [-0.1, -0.05) is 74.8 Å². The van der Waals surface area contributed by atoms with E-state index in [0.717, 1.165) is 75.7 Å². The molecule has 1 aromatic rings. The summed E-state index contributed by atoms with van der Waals surface area (Å²) in [5.41, 5.74) is 6.34. The van der Waals surface area contributed by atoms with E-state index in [-0.39, 0.29) is 0 Å². The molecule has 5 unspecified atom stereocenters. The third kappa shape index (κ3) is 13.2. The zero-order chi connectivity index (χ0) is 39.6. The summed E-state index contributed by atoms with van der Waals surface area (Å²) < 4.78 is 41.3. The van der Waals surface area contributed by atoms with Gasteiger partial charge < -0.3 is 20.1 Å². The fourth-order valence-corrected chi connectivity index (χ4v) is 8.28. The Morgan fingerprint density at radius 3 is 1.74 bits per heavy atom. The maximum atomic E-state index is 13.0. The second kappa shape index (κ2) is 21.0. The molecule has 6 rings (SSSR count). The van der Waals surface area contributed by atoms with Crippen LogP contribution < -0.4 is 5.73 Å². The van der Waals surface area contributed by atoms with Gasteiger partial charge in [0.15, 0.2) is 0 Å². The lowest BCUT2D eigenvalue weighted by atomic mass is 10.0. The summed E-state index contributed by atoms with van der Waals surface area (Å²) in [5.74, 6) is 4.43. The van der Waals surface area contributed by atoms with Crippen LogP contribution in [0.15, 0.2) is 24.4 Å². The van der Waals surface area contributed by atoms with Crippen LogP contribution in [0.1, 0.15) is 118 Å². The number of alkyl halides is 3. The molecule has 2 N–H and O–H groups in total. The standard InChI is InChI=1S/C25H37F3N4.C11H23N3.C5H12.C2H6/c1-6-16(2)11-23-29-22(17(3)12-18(4)25(26,27)28)15-32(23)24-20-13-19(14-21(20)24)31-9-7-30(5)8-10-31;1-9-7-10(8-11(9)12)14-5-3-13(2)4-6-14;1-4-5(2)3;1-2/h12,15-16,19-21,24H,3,6-11,13-14H2,1-2,4-5H3;9-11H,3-8,12H2,1-2H3;5H,4H2,1-3H3;1-2H3/b18-12+;;;/t;9?,10?,11-;;/m.1../s1. The Hall–Kier alpha value is -1.72. The molecule has 3 saturated carbocycles. The molecular formula is C43H78F3N7. The van der Waals surface area contributed by atoms with Crippen molar-refractivity contribution in [3.05, 3.63) is 35.9 Å². The molecule has 0 radical (unpaired) electrons. The van der Waals surface area contributed by atoms with Gasteiger partial charge in [0.05, 0.1) is 5.69 Å². The van der Waals surface area contributed by atoms with Crippen molar-refractivity contribution < 1.29 is 13.2 Å². The predicted molar refractivity (Wildman–Crippen MR) is 218 cm³/mol. The Morgan fingerprint density at radius 1 is 0.868 bits per heavy atom. The molecule has 6 atom stereocenters. The number of nitrogens with zero attached hydrogens (tertiary/aromatic N) is 6. The summed E-state index contributed by atoms with van der Waals surface area (Å²) >= 11 is 0. The molecular weight excluding hydrogens is 672 g/mol. The monoisotopic (exact) mass is 750 g/mol. The van der Waals surface area contributed by atoms with Crippen LogP contribution in [0.3, 0.4) is 0 Å². The lowest BCUT2D eigenvalue weighted by molar-refractivity contribution is -0.0912. The predicted octanol–water partition coefficient (Wildman–Crippen LogP) is 8.63. The number of hydrogen-bond donors (Lipinski definition) is 1. The van der Waals surface area contributed by atoms with Gasteiger partial charge in [-0.3, -0.25) is 9.80 Å². The van der Waals surface area contributed by atoms with Gasteiger partial charge in [0, 0.05) is 94.7 Å². The molecule has 306 valence electrons. The minimum atomic E-state index is -4.34. The van der Waals surface area contributed by atoms with Crippen molar-refractivity contribution in [2.75, 3.05) is 66.5 Å². The van der Waals surface area contributed by atoms with E-state index in [1.165, 1.54) is 58.3 Å². The molecule has 0 bridgehead atoms. The highest BCUT2D eigenvalue weighted by molar-refractivity contribution is 5.70. The molecule has 3 aliphatic carbocycles. The summed E-state index contributed by atoms with van der Waals surface area (Å²) in [5, 5.41) is 0. The van der Waals surface area contributed by atoms with Gasteiger partial charge in [-0.25, -0.2) is 4.98 Å². The molecule has 0 spiro atoms. The second-order valence-corrected chi connectivity index (χ2v) is 17.2. The molecule has 7 nitrogen and oxygen atoms in total. The summed E-state index contributed by atoms with van der Waals surface area (Å²) in [7, 11) is 4.40. The first-order chi connectivity index (χ1) is 25.0. The third-order valence-corrected chi connectivity index (χ3v) is 12.7. The van der Waals surface area contributed by atoms with Crippen molar-refractivity contribution >= 4 is 5.57 Å². The highest BCUT2D eigenvalue weighted by atomic mass is 19.4. The Morgan fingerprint density at radius 2 is 1.34 bits per heavy atom. The highest BCUT2D eigenvalue weighted by Crippen LogP contribution is 2.62. The summed E-state index contributed by atoms with van der Waals surface area (Å²) in [6.45, 7) is 31.8. The summed E-state index contributed by atoms with van der Waals surface area (Å²) in [4.78, 5) is 14.9. The Kier molecular flexibility index (Phi) is 18.1. The van der Waals surface area contributed by atoms with Crippen LogP contribution in [0.4, 0.5) is 13.2 Å². The molecule has 5 fully saturated rings. The van der Waals surface area contributed by atoms with Crippen molar-refractivity contribution in [2.24, 2.45) is 35.3 Å². The minimum absolute atomic E-state index is 0.338. The number of allylic oxidation sites excluding steroid dienone is 3. The first-order valence-corrected chi connectivity index (χ1v) is 21.1. The van der Waals surface area contributed by atoms with Crippen LogP contribution in [0.2, 0.25) is 0 Å². The van der Waals surface area contributed by atoms with Gasteiger partial charge in [0.25, 0.3) is 0 Å². The third-order valence-electron chi connectivity index (χ3n) is 12.7. The molecule has 10 heteroatoms. The van der Waals surface area contributed by atoms with Crippen molar-refractivity contribution in [3.8, 4) is 0 Å². The maximum Gasteiger partial charge on any atom is 0.412 e. The lowest BCUT2D eigenvalue weighted by Crippen LogP contribution is -2.48. The number of nitrogens with two attached hydrogens (primary N) is 1. The van der Waals surface area contributed by atoms with Gasteiger partial charge in [0.2, 0.25) is 0 Å². The number of imidazole rings is 1. The SMILES string of the molecule is C=C(/C=C(\C)C(F)(F)F)c1cn(C2C3CC(N4CCN(C)CC4)CC32)c(CC(C)CC)n1.CC.CC1CC(N2CCN(C)CC2)C[C@H]1N.CCC(C)C. The topological polar surface area (TPSA) is 56.8 Å². The van der Waals surface area contributed by atoms with E-state index in [0.29, 0.717) is 47.1 Å². The van der Waals surface area contributed by atoms with Crippen molar-refractivity contribution in [1.29, 1.82) is 0 Å². The smallest absolute Gasteiger partial charge is 0.331 e. The quantitative estimate of drug-likeness (QED) is 0.255. The molecule has 0 amide bonds. The van der Waals surface area contributed by atoms with Crippen molar-refractivity contribution in [3.63, 3.8) is 0 Å². The van der Waals surface area contributed by atoms with E-state index in [1.54, 1.807) is 0 Å². The van der Waals surface area contributed by atoms with Crippen LogP contribution in [0.25, 0.3) is 5.57 Å². The van der Waals surface area contributed by atoms with Gasteiger partial charge in [-0.05, 0) is 87.9 Å². The van der Waals surface area contributed by atoms with Gasteiger partial charge in [-0.15, -0.1) is 0 Å². The van der Waals surface area contributed by atoms with E-state index in [2.05, 4.69) is 86.4 Å². The van der Waals surface area contributed by atoms with Crippen LogP contribution in [-0.2, 0) is 6.42 Å². The maximum absolute atomic E-state index is 13.0. The van der Waals surface area contributed by atoms with Crippen molar-refractivity contribution in [2.45, 2.75) is 138 Å². The zero-order valence-corrected chi connectivity index (χ0v) is 35.6. The summed E-state index contributed by atoms with van der Waals surface area (Å²) in [6.07, 6.45) is 6.94. The minimum Gasteiger partial charge on any atom is -0.331 e. The van der Waals surface area contributed by atoms with Crippen LogP contribution >= 0.6 is 0 Å². The fourth-order valence-electron chi connectivity index (χ4n) is 8.28. The number of hydrogen-bond acceptors (Lipinski definition) is 6. The van der Waals surface area contributed by atoms with Crippen molar-refractivity contribution in [1.82, 2.24) is 29.2 Å². The number of halogens is 3. The Bertz CT molecular complexity index is 1240. The van der Waals surface area contributed by atoms with Gasteiger partial charge in [-0.2, -0.15) is 13.2 Å². The Labute approximate surface area is 322 Å². The number of rotatable bonds is 9. The van der Waals surface area contributed by atoms with E-state index in [1.807, 2.05) is 20.0 Å². The van der Waals surface area contributed by atoms with E-state index in [9.17, 15) is 13.2 Å². The van der Waals surface area contributed by atoms with E-state index in [4.69, 9.17) is 10.7 Å². The number of piperazine rings is 2. The van der Waals surface area contributed by atoms with Crippen LogP contribution in [0.5, 0.6) is 0 Å². The van der Waals surface area contributed by atoms with E-state index < -0.39 is 11.7 Å². The van der Waals surface area contributed by atoms with Crippen LogP contribution in [0, 0.1) is 29.6 Å². The largest absolute Gasteiger partial charge is 0.412 e. The molecule has 2 aliphatic heterocycles. The normalized spacial score (nSPS) is 30.4. The lowest BCUT2D eigenvalue weighted by Gasteiger charge is -2.37. The first kappa shape index (κ1) is 45.7. The van der Waals surface area contributed by atoms with Gasteiger partial charge >= 0.3 is 6.18 Å². The average molecular weight is 750 g/mol. The number of aromatic nitrogens is 2. The molecule has 0 aromatic carbocycles. The molecule has 2 saturated heterocycles.